The smallest absolute Gasteiger partial charge is 0.338 e. The molecule has 5 atom stereocenters. The van der Waals surface area contributed by atoms with E-state index in [1.165, 1.54) is 18.2 Å². The van der Waals surface area contributed by atoms with Gasteiger partial charge in [-0.25, -0.2) is 9.18 Å². The van der Waals surface area contributed by atoms with E-state index in [0.29, 0.717) is 35.5 Å². The van der Waals surface area contributed by atoms with Crippen molar-refractivity contribution in [3.05, 3.63) is 45.9 Å². The van der Waals surface area contributed by atoms with Gasteiger partial charge in [-0.1, -0.05) is 29.4 Å². The zero-order chi connectivity index (χ0) is 25.6. The van der Waals surface area contributed by atoms with Crippen molar-refractivity contribution in [2.45, 2.75) is 49.7 Å². The van der Waals surface area contributed by atoms with Gasteiger partial charge in [-0.15, -0.1) is 0 Å². The summed E-state index contributed by atoms with van der Waals surface area (Å²) >= 11 is 8.05. The van der Waals surface area contributed by atoms with Crippen molar-refractivity contribution >= 4 is 46.2 Å². The number of aliphatic imine (C=N–C) groups is 2. The summed E-state index contributed by atoms with van der Waals surface area (Å²) in [6, 6.07) is 2.42. The summed E-state index contributed by atoms with van der Waals surface area (Å²) in [6.45, 7) is 4.36. The van der Waals surface area contributed by atoms with E-state index in [1.54, 1.807) is 30.5 Å². The molecule has 1 saturated carbocycles. The number of hydrogen-bond acceptors (Lipinski definition) is 9. The number of amidine groups is 1. The third kappa shape index (κ3) is 4.89. The first-order chi connectivity index (χ1) is 17.3. The molecule has 1 saturated heterocycles. The molecule has 0 amide bonds. The number of nitrogens with zero attached hydrogens (tertiary/aromatic N) is 3. The number of fused-ring (bicyclic) bond motifs is 1. The van der Waals surface area contributed by atoms with Crippen LogP contribution in [0.5, 0.6) is 0 Å². The Labute approximate surface area is 216 Å². The van der Waals surface area contributed by atoms with Gasteiger partial charge in [0.2, 0.25) is 0 Å². The fraction of sp³-hybridized carbons (Fsp3) is 0.500. The summed E-state index contributed by atoms with van der Waals surface area (Å²) in [5.74, 6) is -1.65. The van der Waals surface area contributed by atoms with E-state index in [0.717, 1.165) is 11.5 Å². The minimum atomic E-state index is -1.01. The van der Waals surface area contributed by atoms with Crippen LogP contribution in [0.15, 0.2) is 39.5 Å². The fourth-order valence-corrected chi connectivity index (χ4v) is 6.19. The van der Waals surface area contributed by atoms with Crippen LogP contribution in [0.3, 0.4) is 0 Å². The highest BCUT2D eigenvalue weighted by atomic mass is 35.5. The fourth-order valence-electron chi connectivity index (χ4n) is 4.71. The molecule has 2 fully saturated rings. The third-order valence-electron chi connectivity index (χ3n) is 6.54. The lowest BCUT2D eigenvalue weighted by Crippen LogP contribution is -2.56. The zero-order valence-corrected chi connectivity index (χ0v) is 21.3. The highest BCUT2D eigenvalue weighted by Crippen LogP contribution is 2.46. The molecular formula is C24H26ClFN4O5S. The van der Waals surface area contributed by atoms with Gasteiger partial charge in [0, 0.05) is 34.6 Å². The predicted molar refractivity (Wildman–Crippen MR) is 134 cm³/mol. The van der Waals surface area contributed by atoms with Crippen molar-refractivity contribution in [2.75, 3.05) is 26.3 Å². The largest absolute Gasteiger partial charge is 0.480 e. The molecule has 192 valence electrons. The van der Waals surface area contributed by atoms with Crippen LogP contribution in [0.4, 0.5) is 4.39 Å². The van der Waals surface area contributed by atoms with Crippen molar-refractivity contribution in [1.82, 2.24) is 10.2 Å². The maximum absolute atomic E-state index is 13.9. The molecule has 9 nitrogen and oxygen atoms in total. The first-order valence-electron chi connectivity index (χ1n) is 11.8. The van der Waals surface area contributed by atoms with Crippen LogP contribution >= 0.6 is 23.4 Å². The lowest BCUT2D eigenvalue weighted by Gasteiger charge is -2.39. The van der Waals surface area contributed by atoms with Gasteiger partial charge in [0.15, 0.2) is 5.84 Å². The molecule has 1 aromatic rings. The molecule has 0 bridgehead atoms. The second-order valence-electron chi connectivity index (χ2n) is 9.01. The van der Waals surface area contributed by atoms with Crippen molar-refractivity contribution in [1.29, 1.82) is 0 Å². The first-order valence-corrected chi connectivity index (χ1v) is 13.1. The Hall–Kier alpha value is -2.47. The number of halogens is 2. The van der Waals surface area contributed by atoms with E-state index in [1.807, 2.05) is 0 Å². The summed E-state index contributed by atoms with van der Waals surface area (Å²) in [5.41, 5.74) is 1.09. The van der Waals surface area contributed by atoms with E-state index >= 15 is 0 Å². The SMILES string of the molecule is CCOC(=O)C1=C(CN2CCO[C@H](C)[C@H]2C(=O)O)NC(C2=N[C@H]3CC3S2)=NC1c1ccc(F)cc1Cl. The van der Waals surface area contributed by atoms with Crippen LogP contribution in [-0.2, 0) is 19.1 Å². The Morgan fingerprint density at radius 3 is 2.86 bits per heavy atom. The number of hydrogen-bond donors (Lipinski definition) is 2. The Kier molecular flexibility index (Phi) is 7.08. The maximum atomic E-state index is 13.9. The van der Waals surface area contributed by atoms with Crippen LogP contribution in [0.2, 0.25) is 5.02 Å². The number of benzene rings is 1. The molecule has 1 aromatic carbocycles. The number of carbonyl (C=O) groups is 2. The lowest BCUT2D eigenvalue weighted by molar-refractivity contribution is -0.155. The second kappa shape index (κ2) is 10.1. The van der Waals surface area contributed by atoms with Crippen molar-refractivity contribution in [3.8, 4) is 0 Å². The predicted octanol–water partition coefficient (Wildman–Crippen LogP) is 2.80. The Morgan fingerprint density at radius 1 is 1.39 bits per heavy atom. The summed E-state index contributed by atoms with van der Waals surface area (Å²) in [7, 11) is 0. The van der Waals surface area contributed by atoms with Crippen LogP contribution < -0.4 is 5.32 Å². The average molecular weight is 537 g/mol. The lowest BCUT2D eigenvalue weighted by atomic mass is 9.94. The molecule has 3 heterocycles. The number of carboxylic acids is 1. The summed E-state index contributed by atoms with van der Waals surface area (Å²) in [4.78, 5) is 36.6. The molecule has 0 aromatic heterocycles. The normalized spacial score (nSPS) is 29.7. The third-order valence-corrected chi connectivity index (χ3v) is 8.20. The minimum Gasteiger partial charge on any atom is -0.480 e. The van der Waals surface area contributed by atoms with Gasteiger partial charge >= 0.3 is 11.9 Å². The highest BCUT2D eigenvalue weighted by molar-refractivity contribution is 8.16. The van der Waals surface area contributed by atoms with Gasteiger partial charge < -0.3 is 19.9 Å². The molecule has 2 unspecified atom stereocenters. The van der Waals surface area contributed by atoms with Gasteiger partial charge in [-0.2, -0.15) is 0 Å². The molecule has 0 radical (unpaired) electrons. The maximum Gasteiger partial charge on any atom is 0.338 e. The number of nitrogens with one attached hydrogen (secondary N) is 1. The summed E-state index contributed by atoms with van der Waals surface area (Å²) in [5, 5.41) is 14.4. The van der Waals surface area contributed by atoms with Gasteiger partial charge in [0.05, 0.1) is 30.9 Å². The monoisotopic (exact) mass is 536 g/mol. The average Bonchev–Trinajstić information content (AvgIpc) is 3.43. The van der Waals surface area contributed by atoms with Crippen molar-refractivity contribution < 1.29 is 28.6 Å². The number of carbonyl (C=O) groups excluding carboxylic acids is 1. The van der Waals surface area contributed by atoms with Crippen LogP contribution in [0, 0.1) is 5.82 Å². The molecule has 4 aliphatic rings. The molecule has 1 aliphatic carbocycles. The van der Waals surface area contributed by atoms with E-state index in [-0.39, 0.29) is 29.8 Å². The van der Waals surface area contributed by atoms with Gasteiger partial charge in [0.1, 0.15) is 22.9 Å². The van der Waals surface area contributed by atoms with Gasteiger partial charge in [-0.3, -0.25) is 19.7 Å². The standard InChI is InChI=1S/C24H26ClFN4O5S/c1-3-34-24(33)18-16(10-30-6-7-35-11(2)20(30)23(31)32)27-21(22-28-15-9-17(15)36-22)29-19(18)13-5-4-12(26)8-14(13)25/h4-5,8,11,15,17,19-20H,3,6-7,9-10H2,1-2H3,(H,27,29)(H,31,32)/t11-,15+,17?,19?,20+/m1/s1. The van der Waals surface area contributed by atoms with E-state index < -0.39 is 35.9 Å². The number of esters is 1. The Balaban J connectivity index is 1.59. The molecule has 0 spiro atoms. The second-order valence-corrected chi connectivity index (χ2v) is 10.6. The molecule has 3 aliphatic heterocycles. The number of thioether (sulfide) groups is 1. The number of carboxylic acid groups (broad SMARTS) is 1. The topological polar surface area (TPSA) is 113 Å². The van der Waals surface area contributed by atoms with Crippen LogP contribution in [0.25, 0.3) is 0 Å². The number of morpholine rings is 1. The van der Waals surface area contributed by atoms with Crippen molar-refractivity contribution in [3.63, 3.8) is 0 Å². The van der Waals surface area contributed by atoms with E-state index in [2.05, 4.69) is 5.32 Å². The minimum absolute atomic E-state index is 0.109. The number of aliphatic carboxylic acids is 1. The van der Waals surface area contributed by atoms with E-state index in [4.69, 9.17) is 31.1 Å². The van der Waals surface area contributed by atoms with Crippen molar-refractivity contribution in [2.24, 2.45) is 9.98 Å². The molecule has 2 N–H and O–H groups in total. The zero-order valence-electron chi connectivity index (χ0n) is 19.7. The van der Waals surface area contributed by atoms with Crippen LogP contribution in [-0.4, -0.2) is 82.6 Å². The Morgan fingerprint density at radius 2 is 2.19 bits per heavy atom. The summed E-state index contributed by atoms with van der Waals surface area (Å²) < 4.78 is 24.8. The van der Waals surface area contributed by atoms with Gasteiger partial charge in [-0.05, 0) is 32.4 Å². The van der Waals surface area contributed by atoms with Gasteiger partial charge in [0.25, 0.3) is 0 Å². The van der Waals surface area contributed by atoms with E-state index in [9.17, 15) is 19.1 Å². The number of rotatable bonds is 7. The van der Waals surface area contributed by atoms with Crippen LogP contribution in [0.1, 0.15) is 31.9 Å². The number of ether oxygens (including phenoxy) is 2. The quantitative estimate of drug-likeness (QED) is 0.512. The first kappa shape index (κ1) is 25.2. The molecule has 36 heavy (non-hydrogen) atoms. The highest BCUT2D eigenvalue weighted by Gasteiger charge is 2.46. The molecular weight excluding hydrogens is 511 g/mol. The Bertz CT molecular complexity index is 1190. The summed E-state index contributed by atoms with van der Waals surface area (Å²) in [6.07, 6.45) is 0.487. The molecule has 5 rings (SSSR count). The molecule has 12 heteroatoms.